The first kappa shape index (κ1) is 23.0. The molecule has 0 bridgehead atoms. The Morgan fingerprint density at radius 2 is 1.69 bits per heavy atom. The van der Waals surface area contributed by atoms with Crippen molar-refractivity contribution in [2.45, 2.75) is 6.54 Å². The highest BCUT2D eigenvalue weighted by Crippen LogP contribution is 2.31. The number of hydrogen-bond donors (Lipinski definition) is 1. The Bertz CT molecular complexity index is 1680. The molecule has 36 heavy (non-hydrogen) atoms. The van der Waals surface area contributed by atoms with Crippen LogP contribution in [0.5, 0.6) is 0 Å². The number of nitrogens with one attached hydrogen (secondary N) is 1. The molecule has 0 aliphatic rings. The summed E-state index contributed by atoms with van der Waals surface area (Å²) in [5.74, 6) is 0.321. The Labute approximate surface area is 208 Å². The highest BCUT2D eigenvalue weighted by Gasteiger charge is 2.15. The van der Waals surface area contributed by atoms with Gasteiger partial charge in [0, 0.05) is 22.4 Å². The molecule has 5 rings (SSSR count). The van der Waals surface area contributed by atoms with Crippen LogP contribution in [0.1, 0.15) is 5.76 Å². The number of carbonyl (C=O) groups excluding carboxylic acids is 1. The number of fused-ring (bicyclic) bond motifs is 2. The van der Waals surface area contributed by atoms with Crippen molar-refractivity contribution in [1.82, 2.24) is 9.99 Å². The monoisotopic (exact) mass is 500 g/mol. The summed E-state index contributed by atoms with van der Waals surface area (Å²) < 4.78 is 7.44. The molecule has 0 aliphatic heterocycles. The normalized spacial score (nSPS) is 11.4. The molecule has 2 aromatic heterocycles. The smallest absolute Gasteiger partial charge is 0.288 e. The first-order valence-electron chi connectivity index (χ1n) is 10.8. The van der Waals surface area contributed by atoms with Crippen LogP contribution >= 0.6 is 11.6 Å². The molecule has 5 aromatic rings. The molecule has 10 heteroatoms. The van der Waals surface area contributed by atoms with E-state index >= 15 is 0 Å². The lowest BCUT2D eigenvalue weighted by molar-refractivity contribution is -0.384. The number of pyridine rings is 1. The molecule has 0 saturated heterocycles. The number of aromatic nitrogens is 1. The van der Waals surface area contributed by atoms with E-state index in [1.165, 1.54) is 18.3 Å². The van der Waals surface area contributed by atoms with Crippen LogP contribution in [0, 0.1) is 10.1 Å². The fourth-order valence-corrected chi connectivity index (χ4v) is 4.16. The molecule has 0 unspecified atom stereocenters. The van der Waals surface area contributed by atoms with Gasteiger partial charge in [0.25, 0.3) is 11.6 Å². The molecule has 1 amide bonds. The average molecular weight is 501 g/mol. The summed E-state index contributed by atoms with van der Waals surface area (Å²) in [5.41, 5.74) is 3.93. The van der Waals surface area contributed by atoms with E-state index in [2.05, 4.69) is 10.5 Å². The quantitative estimate of drug-likeness (QED) is 0.150. The number of nitro benzene ring substituents is 1. The van der Waals surface area contributed by atoms with Gasteiger partial charge in [-0.05, 0) is 48.5 Å². The van der Waals surface area contributed by atoms with Gasteiger partial charge in [-0.15, -0.1) is 0 Å². The van der Waals surface area contributed by atoms with Crippen LogP contribution in [0.15, 0.2) is 93.2 Å². The molecule has 178 valence electrons. The summed E-state index contributed by atoms with van der Waals surface area (Å²) in [6.07, 6.45) is 1.33. The van der Waals surface area contributed by atoms with Crippen molar-refractivity contribution < 1.29 is 14.1 Å². The zero-order chi connectivity index (χ0) is 25.2. The summed E-state index contributed by atoms with van der Waals surface area (Å²) in [5, 5.41) is 16.2. The number of furan rings is 1. The van der Waals surface area contributed by atoms with Gasteiger partial charge in [0.2, 0.25) is 0 Å². The van der Waals surface area contributed by atoms with Crippen LogP contribution in [-0.4, -0.2) is 21.6 Å². The Balaban J connectivity index is 1.35. The molecular formula is C26H17ClN4O5. The number of para-hydroxylation sites is 2. The van der Waals surface area contributed by atoms with Crippen molar-refractivity contribution in [1.29, 1.82) is 0 Å². The highest BCUT2D eigenvalue weighted by molar-refractivity contribution is 6.32. The van der Waals surface area contributed by atoms with E-state index < -0.39 is 10.8 Å². The van der Waals surface area contributed by atoms with E-state index in [0.717, 1.165) is 0 Å². The fourth-order valence-electron chi connectivity index (χ4n) is 3.98. The maximum Gasteiger partial charge on any atom is 0.288 e. The number of halogens is 1. The van der Waals surface area contributed by atoms with E-state index in [1.807, 2.05) is 12.1 Å². The minimum absolute atomic E-state index is 0.0307. The van der Waals surface area contributed by atoms with Crippen LogP contribution in [0.3, 0.4) is 0 Å². The lowest BCUT2D eigenvalue weighted by atomic mass is 10.1. The average Bonchev–Trinajstić information content (AvgIpc) is 3.35. The number of hydrazone groups is 1. The van der Waals surface area contributed by atoms with E-state index in [1.54, 1.807) is 59.2 Å². The topological polar surface area (TPSA) is 120 Å². The maximum absolute atomic E-state index is 12.8. The Morgan fingerprint density at radius 3 is 2.36 bits per heavy atom. The number of benzene rings is 3. The predicted molar refractivity (Wildman–Crippen MR) is 137 cm³/mol. The van der Waals surface area contributed by atoms with Crippen LogP contribution in [0.25, 0.3) is 33.1 Å². The second-order valence-electron chi connectivity index (χ2n) is 7.87. The van der Waals surface area contributed by atoms with Crippen molar-refractivity contribution in [3.05, 3.63) is 110 Å². The number of carbonyl (C=O) groups is 1. The number of hydrogen-bond acceptors (Lipinski definition) is 6. The van der Waals surface area contributed by atoms with Gasteiger partial charge < -0.3 is 8.98 Å². The second kappa shape index (κ2) is 9.47. The summed E-state index contributed by atoms with van der Waals surface area (Å²) >= 11 is 5.86. The minimum Gasteiger partial charge on any atom is -0.455 e. The number of rotatable bonds is 6. The molecule has 2 heterocycles. The van der Waals surface area contributed by atoms with Gasteiger partial charge >= 0.3 is 0 Å². The van der Waals surface area contributed by atoms with Gasteiger partial charge in [-0.25, -0.2) is 5.43 Å². The van der Waals surface area contributed by atoms with Crippen molar-refractivity contribution >= 4 is 51.2 Å². The molecule has 0 fully saturated rings. The Kier molecular flexibility index (Phi) is 6.05. The van der Waals surface area contributed by atoms with Crippen LogP contribution in [-0.2, 0) is 11.3 Å². The molecular weight excluding hydrogens is 484 g/mol. The van der Waals surface area contributed by atoms with E-state index in [-0.39, 0.29) is 22.7 Å². The number of amides is 1. The minimum atomic E-state index is -0.568. The molecule has 3 aromatic carbocycles. The fraction of sp³-hybridized carbons (Fsp3) is 0.0385. The molecule has 1 N–H and O–H groups in total. The molecule has 9 nitrogen and oxygen atoms in total. The van der Waals surface area contributed by atoms with Crippen molar-refractivity contribution in [2.75, 3.05) is 0 Å². The van der Waals surface area contributed by atoms with Crippen LogP contribution < -0.4 is 10.9 Å². The number of nitrogens with zero attached hydrogens (tertiary/aromatic N) is 3. The third-order valence-electron chi connectivity index (χ3n) is 5.62. The highest BCUT2D eigenvalue weighted by atomic mass is 35.5. The summed E-state index contributed by atoms with van der Waals surface area (Å²) in [6.45, 7) is -0.0590. The van der Waals surface area contributed by atoms with Crippen LogP contribution in [0.2, 0.25) is 5.02 Å². The SMILES string of the molecule is O=C(Cn1c2ccccc2c(=O)c2ccccc21)N/N=C\c1ccc(-c2ccc(Cl)c([N+](=O)[O-])c2)o1. The lowest BCUT2D eigenvalue weighted by Gasteiger charge is -2.14. The van der Waals surface area contributed by atoms with Gasteiger partial charge in [0.05, 0.1) is 22.2 Å². The lowest BCUT2D eigenvalue weighted by Crippen LogP contribution is -2.25. The largest absolute Gasteiger partial charge is 0.455 e. The Morgan fingerprint density at radius 1 is 1.03 bits per heavy atom. The Hall–Kier alpha value is -4.76. The number of nitro groups is 1. The molecule has 0 saturated carbocycles. The van der Waals surface area contributed by atoms with Crippen LogP contribution in [0.4, 0.5) is 5.69 Å². The third-order valence-corrected chi connectivity index (χ3v) is 5.94. The van der Waals surface area contributed by atoms with Gasteiger partial charge in [-0.1, -0.05) is 35.9 Å². The standard InChI is InChI=1S/C26H17ClN4O5/c27-20-11-9-16(13-23(20)31(34)35)24-12-10-17(36-24)14-28-29-25(32)15-30-21-7-3-1-5-18(21)26(33)19-6-2-4-8-22(19)30/h1-14H,15H2,(H,29,32)/b28-14-. The zero-order valence-corrected chi connectivity index (χ0v) is 19.3. The second-order valence-corrected chi connectivity index (χ2v) is 8.28. The summed E-state index contributed by atoms with van der Waals surface area (Å²) in [7, 11) is 0. The predicted octanol–water partition coefficient (Wildman–Crippen LogP) is 5.13. The zero-order valence-electron chi connectivity index (χ0n) is 18.6. The van der Waals surface area contributed by atoms with E-state index in [9.17, 15) is 19.7 Å². The summed E-state index contributed by atoms with van der Waals surface area (Å²) in [6, 6.07) is 21.9. The van der Waals surface area contributed by atoms with Gasteiger partial charge in [0.15, 0.2) is 5.43 Å². The molecule has 0 spiro atoms. The summed E-state index contributed by atoms with van der Waals surface area (Å²) in [4.78, 5) is 36.1. The van der Waals surface area contributed by atoms with E-state index in [4.69, 9.17) is 16.0 Å². The van der Waals surface area contributed by atoms with Crippen molar-refractivity contribution in [3.8, 4) is 11.3 Å². The molecule has 0 radical (unpaired) electrons. The van der Waals surface area contributed by atoms with Gasteiger partial charge in [0.1, 0.15) is 23.1 Å². The van der Waals surface area contributed by atoms with Crippen molar-refractivity contribution in [3.63, 3.8) is 0 Å². The molecule has 0 aliphatic carbocycles. The van der Waals surface area contributed by atoms with E-state index in [0.29, 0.717) is 38.9 Å². The third kappa shape index (κ3) is 4.35. The van der Waals surface area contributed by atoms with Crippen molar-refractivity contribution in [2.24, 2.45) is 5.10 Å². The first-order chi connectivity index (χ1) is 17.4. The van der Waals surface area contributed by atoms with Gasteiger partial charge in [-0.3, -0.25) is 19.7 Å². The first-order valence-corrected chi connectivity index (χ1v) is 11.2. The maximum atomic E-state index is 12.8. The van der Waals surface area contributed by atoms with Gasteiger partial charge in [-0.2, -0.15) is 5.10 Å². The molecule has 0 atom stereocenters.